The number of ether oxygens (including phenoxy) is 3. The zero-order valence-electron chi connectivity index (χ0n) is 20.9. The molecule has 1 saturated carbocycles. The van der Waals surface area contributed by atoms with Gasteiger partial charge < -0.3 is 19.5 Å². The van der Waals surface area contributed by atoms with E-state index in [1.165, 1.54) is 0 Å². The van der Waals surface area contributed by atoms with Crippen molar-refractivity contribution in [1.82, 2.24) is 0 Å². The van der Waals surface area contributed by atoms with E-state index in [1.54, 1.807) is 27.4 Å². The number of Topliss-reactive ketones (excluding diaryl/α,β-unsaturated/α-hetero) is 1. The number of hydrogen-bond acceptors (Lipinski definition) is 6. The highest BCUT2D eigenvalue weighted by Gasteiger charge is 2.47. The number of carbonyl (C=O) groups excluding carboxylic acids is 2. The van der Waals surface area contributed by atoms with E-state index in [-0.39, 0.29) is 23.0 Å². The lowest BCUT2D eigenvalue weighted by molar-refractivity contribution is -0.120. The number of benzene rings is 2. The molecule has 35 heavy (non-hydrogen) atoms. The number of methoxy groups -OCH3 is 3. The van der Waals surface area contributed by atoms with Crippen LogP contribution in [0.25, 0.3) is 0 Å². The Balaban J connectivity index is 1.83. The van der Waals surface area contributed by atoms with Gasteiger partial charge in [0.1, 0.15) is 0 Å². The summed E-state index contributed by atoms with van der Waals surface area (Å²) in [4.78, 5) is 29.6. The maximum atomic E-state index is 13.9. The third-order valence-electron chi connectivity index (χ3n) is 7.09. The van der Waals surface area contributed by atoms with Gasteiger partial charge in [-0.15, -0.1) is 0 Å². The molecular weight excluding hydrogens is 444 g/mol. The van der Waals surface area contributed by atoms with Crippen molar-refractivity contribution in [2.24, 2.45) is 11.3 Å². The van der Waals surface area contributed by atoms with E-state index in [0.29, 0.717) is 41.2 Å². The van der Waals surface area contributed by atoms with Crippen LogP contribution < -0.4 is 24.4 Å². The molecule has 1 heterocycles. The maximum absolute atomic E-state index is 13.9. The number of ketones is 1. The highest BCUT2D eigenvalue weighted by molar-refractivity contribution is 6.07. The molecule has 1 atom stereocenters. The molecule has 3 aliphatic rings. The first-order chi connectivity index (χ1) is 16.8. The summed E-state index contributed by atoms with van der Waals surface area (Å²) in [6, 6.07) is 10.8. The standard InChI is InChI=1S/C28H32N2O5/c1-28(2)14-19-23(21(31)15-28)24(17-12-13-22(33-3)26(35-5)25(17)34-4)30(27(32)16-10-11-16)20-9-7-6-8-18(20)29-19/h6-9,12-13,16,24,29H,10-11,14-15H2,1-5H3/t24-/m1/s1. The quantitative estimate of drug-likeness (QED) is 0.634. The third kappa shape index (κ3) is 3.93. The van der Waals surface area contributed by atoms with Crippen molar-refractivity contribution in [3.05, 3.63) is 53.2 Å². The van der Waals surface area contributed by atoms with Crippen LogP contribution in [0.1, 0.15) is 51.1 Å². The molecule has 1 aliphatic heterocycles. The van der Waals surface area contributed by atoms with Gasteiger partial charge in [-0.2, -0.15) is 0 Å². The van der Waals surface area contributed by atoms with Crippen LogP contribution in [0.3, 0.4) is 0 Å². The highest BCUT2D eigenvalue weighted by Crippen LogP contribution is 2.53. The van der Waals surface area contributed by atoms with Gasteiger partial charge in [-0.3, -0.25) is 14.5 Å². The van der Waals surface area contributed by atoms with Crippen LogP contribution in [-0.2, 0) is 9.59 Å². The first kappa shape index (κ1) is 23.3. The molecule has 0 aromatic heterocycles. The van der Waals surface area contributed by atoms with Gasteiger partial charge in [-0.05, 0) is 48.9 Å². The summed E-state index contributed by atoms with van der Waals surface area (Å²) in [7, 11) is 4.69. The predicted molar refractivity (Wildman–Crippen MR) is 134 cm³/mol. The van der Waals surface area contributed by atoms with Gasteiger partial charge in [0, 0.05) is 29.2 Å². The second kappa shape index (κ2) is 8.63. The van der Waals surface area contributed by atoms with Crippen LogP contribution in [0, 0.1) is 11.3 Å². The van der Waals surface area contributed by atoms with Gasteiger partial charge >= 0.3 is 0 Å². The number of nitrogens with one attached hydrogen (secondary N) is 1. The number of hydrogen-bond donors (Lipinski definition) is 1. The normalized spacial score (nSPS) is 20.9. The number of amides is 1. The predicted octanol–water partition coefficient (Wildman–Crippen LogP) is 5.27. The van der Waals surface area contributed by atoms with E-state index < -0.39 is 6.04 Å². The molecule has 2 aromatic rings. The van der Waals surface area contributed by atoms with Crippen LogP contribution in [0.4, 0.5) is 11.4 Å². The number of anilines is 2. The Hall–Kier alpha value is -3.48. The van der Waals surface area contributed by atoms with Gasteiger partial charge in [0.2, 0.25) is 11.7 Å². The summed E-state index contributed by atoms with van der Waals surface area (Å²) >= 11 is 0. The van der Waals surface area contributed by atoms with Crippen molar-refractivity contribution in [3.8, 4) is 17.2 Å². The smallest absolute Gasteiger partial charge is 0.231 e. The highest BCUT2D eigenvalue weighted by atomic mass is 16.5. The Morgan fingerprint density at radius 1 is 0.971 bits per heavy atom. The molecule has 1 N–H and O–H groups in total. The summed E-state index contributed by atoms with van der Waals surface area (Å²) < 4.78 is 17.0. The lowest BCUT2D eigenvalue weighted by Crippen LogP contribution is -2.40. The van der Waals surface area contributed by atoms with E-state index in [0.717, 1.165) is 29.9 Å². The molecule has 184 valence electrons. The minimum Gasteiger partial charge on any atom is -0.493 e. The fourth-order valence-electron chi connectivity index (χ4n) is 5.39. The molecule has 1 amide bonds. The van der Waals surface area contributed by atoms with Crippen molar-refractivity contribution in [3.63, 3.8) is 0 Å². The molecule has 7 nitrogen and oxygen atoms in total. The topological polar surface area (TPSA) is 77.1 Å². The van der Waals surface area contributed by atoms with Crippen LogP contribution in [0.5, 0.6) is 17.2 Å². The number of allylic oxidation sites excluding steroid dienone is 1. The maximum Gasteiger partial charge on any atom is 0.231 e. The summed E-state index contributed by atoms with van der Waals surface area (Å²) in [6.07, 6.45) is 2.81. The molecule has 0 bridgehead atoms. The Kier molecular flexibility index (Phi) is 5.74. The summed E-state index contributed by atoms with van der Waals surface area (Å²) in [5.74, 6) is 1.41. The van der Waals surface area contributed by atoms with E-state index in [2.05, 4.69) is 19.2 Å². The molecule has 2 aliphatic carbocycles. The van der Waals surface area contributed by atoms with Crippen LogP contribution in [-0.4, -0.2) is 33.0 Å². The molecule has 2 aromatic carbocycles. The summed E-state index contributed by atoms with van der Waals surface area (Å²) in [5, 5.41) is 3.55. The Bertz CT molecular complexity index is 1230. The second-order valence-corrected chi connectivity index (χ2v) is 10.3. The lowest BCUT2D eigenvalue weighted by atomic mass is 9.73. The van der Waals surface area contributed by atoms with Crippen LogP contribution in [0.15, 0.2) is 47.7 Å². The molecule has 0 radical (unpaired) electrons. The molecule has 5 rings (SSSR count). The van der Waals surface area contributed by atoms with Gasteiger partial charge in [0.25, 0.3) is 0 Å². The number of rotatable bonds is 5. The molecule has 0 saturated heterocycles. The monoisotopic (exact) mass is 476 g/mol. The molecule has 0 unspecified atom stereocenters. The minimum atomic E-state index is -0.660. The largest absolute Gasteiger partial charge is 0.493 e. The minimum absolute atomic E-state index is 0.0208. The van der Waals surface area contributed by atoms with Crippen molar-refractivity contribution in [1.29, 1.82) is 0 Å². The van der Waals surface area contributed by atoms with Crippen molar-refractivity contribution >= 4 is 23.1 Å². The molecule has 0 spiro atoms. The lowest BCUT2D eigenvalue weighted by Gasteiger charge is -2.37. The van der Waals surface area contributed by atoms with E-state index in [9.17, 15) is 9.59 Å². The Morgan fingerprint density at radius 3 is 2.34 bits per heavy atom. The second-order valence-electron chi connectivity index (χ2n) is 10.3. The third-order valence-corrected chi connectivity index (χ3v) is 7.09. The summed E-state index contributed by atoms with van der Waals surface area (Å²) in [5.41, 5.74) is 3.54. The Morgan fingerprint density at radius 2 is 1.69 bits per heavy atom. The number of fused-ring (bicyclic) bond motifs is 1. The van der Waals surface area contributed by atoms with Crippen LogP contribution >= 0.6 is 0 Å². The number of nitrogens with zero attached hydrogens (tertiary/aromatic N) is 1. The van der Waals surface area contributed by atoms with Gasteiger partial charge in [-0.25, -0.2) is 0 Å². The molecular formula is C28H32N2O5. The van der Waals surface area contributed by atoms with Crippen molar-refractivity contribution < 1.29 is 23.8 Å². The van der Waals surface area contributed by atoms with Crippen molar-refractivity contribution in [2.75, 3.05) is 31.5 Å². The van der Waals surface area contributed by atoms with Gasteiger partial charge in [0.15, 0.2) is 17.3 Å². The fraction of sp³-hybridized carbons (Fsp3) is 0.429. The molecule has 7 heteroatoms. The van der Waals surface area contributed by atoms with Gasteiger partial charge in [0.05, 0.1) is 38.7 Å². The van der Waals surface area contributed by atoms with Crippen LogP contribution in [0.2, 0.25) is 0 Å². The first-order valence-electron chi connectivity index (χ1n) is 12.0. The zero-order valence-corrected chi connectivity index (χ0v) is 20.9. The SMILES string of the molecule is COc1ccc([C@@H]2C3=C(CC(C)(C)CC3=O)Nc3ccccc3N2C(=O)C2CC2)c(OC)c1OC. The van der Waals surface area contributed by atoms with Crippen molar-refractivity contribution in [2.45, 2.75) is 45.6 Å². The van der Waals surface area contributed by atoms with E-state index in [1.807, 2.05) is 35.2 Å². The Labute approximate surface area is 206 Å². The fourth-order valence-corrected chi connectivity index (χ4v) is 5.39. The summed E-state index contributed by atoms with van der Waals surface area (Å²) in [6.45, 7) is 4.21. The first-order valence-corrected chi connectivity index (χ1v) is 12.0. The number of para-hydroxylation sites is 2. The van der Waals surface area contributed by atoms with Gasteiger partial charge in [-0.1, -0.05) is 26.0 Å². The van der Waals surface area contributed by atoms with E-state index >= 15 is 0 Å². The molecule has 1 fully saturated rings. The average Bonchev–Trinajstić information content (AvgIpc) is 3.68. The number of carbonyl (C=O) groups is 2. The average molecular weight is 477 g/mol. The van der Waals surface area contributed by atoms with E-state index in [4.69, 9.17) is 14.2 Å². The zero-order chi connectivity index (χ0) is 24.9.